The highest BCUT2D eigenvalue weighted by Crippen LogP contribution is 2.22. The average Bonchev–Trinajstić information content (AvgIpc) is 2.34. The second-order valence-electron chi connectivity index (χ2n) is 4.13. The summed E-state index contributed by atoms with van der Waals surface area (Å²) in [6, 6.07) is 10.7. The number of nitrogens with zero attached hydrogens (tertiary/aromatic N) is 1. The Kier molecular flexibility index (Phi) is 3.28. The van der Waals surface area contributed by atoms with Crippen LogP contribution in [0.3, 0.4) is 0 Å². The van der Waals surface area contributed by atoms with Gasteiger partial charge in [-0.1, -0.05) is 18.2 Å². The Labute approximate surface area is 106 Å². The third-order valence-corrected chi connectivity index (χ3v) is 2.63. The van der Waals surface area contributed by atoms with Crippen LogP contribution in [0.5, 0.6) is 0 Å². The van der Waals surface area contributed by atoms with Crippen molar-refractivity contribution >= 4 is 17.3 Å². The number of aromatic nitrogens is 1. The van der Waals surface area contributed by atoms with Crippen molar-refractivity contribution in [3.63, 3.8) is 0 Å². The van der Waals surface area contributed by atoms with Crippen molar-refractivity contribution in [3.8, 4) is 0 Å². The molecule has 0 atom stereocenters. The van der Waals surface area contributed by atoms with E-state index in [0.29, 0.717) is 16.9 Å². The van der Waals surface area contributed by atoms with Crippen molar-refractivity contribution < 1.29 is 4.79 Å². The molecule has 0 spiro atoms. The SMILES string of the molecule is Cc1cc(N)c(NC(=O)c2ccccc2)c(C)n1. The van der Waals surface area contributed by atoms with Gasteiger partial charge < -0.3 is 11.1 Å². The normalized spacial score (nSPS) is 10.1. The molecule has 0 fully saturated rings. The summed E-state index contributed by atoms with van der Waals surface area (Å²) in [6.45, 7) is 3.69. The molecule has 1 aromatic heterocycles. The standard InChI is InChI=1S/C14H15N3O/c1-9-8-12(15)13(10(2)16-9)17-14(18)11-6-4-3-5-7-11/h3-8H,1-2H3,(H2,15,16)(H,17,18). The minimum atomic E-state index is -0.184. The van der Waals surface area contributed by atoms with Crippen molar-refractivity contribution in [3.05, 3.63) is 53.3 Å². The van der Waals surface area contributed by atoms with E-state index in [2.05, 4.69) is 10.3 Å². The van der Waals surface area contributed by atoms with E-state index in [1.165, 1.54) is 0 Å². The van der Waals surface area contributed by atoms with Gasteiger partial charge in [0.25, 0.3) is 5.91 Å². The van der Waals surface area contributed by atoms with Crippen LogP contribution in [0.4, 0.5) is 11.4 Å². The summed E-state index contributed by atoms with van der Waals surface area (Å²) in [5, 5.41) is 2.80. The van der Waals surface area contributed by atoms with E-state index in [9.17, 15) is 4.79 Å². The first-order chi connectivity index (χ1) is 8.58. The number of pyridine rings is 1. The molecule has 1 heterocycles. The first kappa shape index (κ1) is 12.1. The van der Waals surface area contributed by atoms with Gasteiger partial charge in [0.15, 0.2) is 0 Å². The maximum absolute atomic E-state index is 12.0. The Morgan fingerprint density at radius 2 is 1.89 bits per heavy atom. The molecule has 0 aliphatic rings. The van der Waals surface area contributed by atoms with Crippen LogP contribution in [0.1, 0.15) is 21.7 Å². The lowest BCUT2D eigenvalue weighted by Gasteiger charge is -2.11. The summed E-state index contributed by atoms with van der Waals surface area (Å²) in [5.41, 5.74) is 9.15. The Morgan fingerprint density at radius 3 is 2.50 bits per heavy atom. The third kappa shape index (κ3) is 2.48. The Bertz CT molecular complexity index is 556. The smallest absolute Gasteiger partial charge is 0.255 e. The molecule has 92 valence electrons. The first-order valence-corrected chi connectivity index (χ1v) is 5.68. The van der Waals surface area contributed by atoms with Crippen LogP contribution in [0.25, 0.3) is 0 Å². The number of carbonyl (C=O) groups is 1. The Balaban J connectivity index is 2.28. The molecule has 4 nitrogen and oxygen atoms in total. The summed E-state index contributed by atoms with van der Waals surface area (Å²) in [5.74, 6) is -0.184. The second kappa shape index (κ2) is 4.87. The second-order valence-corrected chi connectivity index (χ2v) is 4.13. The topological polar surface area (TPSA) is 68.0 Å². The molecule has 2 rings (SSSR count). The lowest BCUT2D eigenvalue weighted by Crippen LogP contribution is -2.15. The van der Waals surface area contributed by atoms with Gasteiger partial charge in [-0.15, -0.1) is 0 Å². The molecular formula is C14H15N3O. The van der Waals surface area contributed by atoms with Gasteiger partial charge in [0.1, 0.15) is 0 Å². The van der Waals surface area contributed by atoms with Crippen LogP contribution in [-0.2, 0) is 0 Å². The molecule has 18 heavy (non-hydrogen) atoms. The van der Waals surface area contributed by atoms with Crippen molar-refractivity contribution in [2.24, 2.45) is 0 Å². The largest absolute Gasteiger partial charge is 0.397 e. The molecule has 3 N–H and O–H groups in total. The number of nitrogens with one attached hydrogen (secondary N) is 1. The predicted molar refractivity (Wildman–Crippen MR) is 72.5 cm³/mol. The number of hydrogen-bond donors (Lipinski definition) is 2. The Morgan fingerprint density at radius 1 is 1.22 bits per heavy atom. The quantitative estimate of drug-likeness (QED) is 0.849. The maximum atomic E-state index is 12.0. The van der Waals surface area contributed by atoms with Crippen LogP contribution in [0, 0.1) is 13.8 Å². The van der Waals surface area contributed by atoms with Gasteiger partial charge in [0, 0.05) is 11.3 Å². The van der Waals surface area contributed by atoms with Crippen LogP contribution in [-0.4, -0.2) is 10.9 Å². The van der Waals surface area contributed by atoms with Crippen LogP contribution in [0.15, 0.2) is 36.4 Å². The van der Waals surface area contributed by atoms with Gasteiger partial charge in [-0.2, -0.15) is 0 Å². The lowest BCUT2D eigenvalue weighted by molar-refractivity contribution is 0.102. The number of rotatable bonds is 2. The number of anilines is 2. The average molecular weight is 241 g/mol. The number of benzene rings is 1. The highest BCUT2D eigenvalue weighted by Gasteiger charge is 2.11. The molecule has 2 aromatic rings. The number of amides is 1. The summed E-state index contributed by atoms with van der Waals surface area (Å²) >= 11 is 0. The number of aryl methyl sites for hydroxylation is 2. The number of hydrogen-bond acceptors (Lipinski definition) is 3. The van der Waals surface area contributed by atoms with E-state index in [0.717, 1.165) is 11.4 Å². The molecule has 0 unspecified atom stereocenters. The van der Waals surface area contributed by atoms with E-state index in [1.807, 2.05) is 32.0 Å². The Hall–Kier alpha value is -2.36. The predicted octanol–water partition coefficient (Wildman–Crippen LogP) is 2.53. The number of nitrogens with two attached hydrogens (primary N) is 1. The zero-order valence-corrected chi connectivity index (χ0v) is 10.4. The molecule has 0 saturated heterocycles. The minimum absolute atomic E-state index is 0.184. The molecule has 4 heteroatoms. The molecule has 0 aliphatic carbocycles. The van der Waals surface area contributed by atoms with E-state index < -0.39 is 0 Å². The third-order valence-electron chi connectivity index (χ3n) is 2.63. The summed E-state index contributed by atoms with van der Waals surface area (Å²) in [4.78, 5) is 16.3. The fraction of sp³-hybridized carbons (Fsp3) is 0.143. The molecule has 0 saturated carbocycles. The monoisotopic (exact) mass is 241 g/mol. The number of nitrogen functional groups attached to an aromatic ring is 1. The van der Waals surface area contributed by atoms with E-state index in [-0.39, 0.29) is 5.91 Å². The van der Waals surface area contributed by atoms with E-state index >= 15 is 0 Å². The van der Waals surface area contributed by atoms with Crippen LogP contribution >= 0.6 is 0 Å². The zero-order valence-electron chi connectivity index (χ0n) is 10.4. The summed E-state index contributed by atoms with van der Waals surface area (Å²) in [6.07, 6.45) is 0. The van der Waals surface area contributed by atoms with Crippen molar-refractivity contribution in [2.45, 2.75) is 13.8 Å². The van der Waals surface area contributed by atoms with Gasteiger partial charge in [-0.25, -0.2) is 0 Å². The molecular weight excluding hydrogens is 226 g/mol. The van der Waals surface area contributed by atoms with Crippen molar-refractivity contribution in [1.29, 1.82) is 0 Å². The van der Waals surface area contributed by atoms with Crippen LogP contribution in [0.2, 0.25) is 0 Å². The highest BCUT2D eigenvalue weighted by molar-refractivity contribution is 6.06. The highest BCUT2D eigenvalue weighted by atomic mass is 16.1. The molecule has 1 aromatic carbocycles. The van der Waals surface area contributed by atoms with Crippen LogP contribution < -0.4 is 11.1 Å². The van der Waals surface area contributed by atoms with Gasteiger partial charge in [0.05, 0.1) is 17.1 Å². The fourth-order valence-corrected chi connectivity index (χ4v) is 1.80. The van der Waals surface area contributed by atoms with Gasteiger partial charge in [-0.05, 0) is 32.0 Å². The van der Waals surface area contributed by atoms with E-state index in [4.69, 9.17) is 5.73 Å². The molecule has 1 amide bonds. The molecule has 0 radical (unpaired) electrons. The molecule has 0 aliphatic heterocycles. The summed E-state index contributed by atoms with van der Waals surface area (Å²) in [7, 11) is 0. The first-order valence-electron chi connectivity index (χ1n) is 5.68. The fourth-order valence-electron chi connectivity index (χ4n) is 1.80. The van der Waals surface area contributed by atoms with E-state index in [1.54, 1.807) is 18.2 Å². The van der Waals surface area contributed by atoms with Gasteiger partial charge in [0.2, 0.25) is 0 Å². The van der Waals surface area contributed by atoms with Gasteiger partial charge >= 0.3 is 0 Å². The van der Waals surface area contributed by atoms with Crippen molar-refractivity contribution in [2.75, 3.05) is 11.1 Å². The zero-order chi connectivity index (χ0) is 13.1. The minimum Gasteiger partial charge on any atom is -0.397 e. The summed E-state index contributed by atoms with van der Waals surface area (Å²) < 4.78 is 0. The number of carbonyl (C=O) groups excluding carboxylic acids is 1. The molecule has 0 bridgehead atoms. The van der Waals surface area contributed by atoms with Crippen molar-refractivity contribution in [1.82, 2.24) is 4.98 Å². The van der Waals surface area contributed by atoms with Gasteiger partial charge in [-0.3, -0.25) is 9.78 Å². The maximum Gasteiger partial charge on any atom is 0.255 e. The lowest BCUT2D eigenvalue weighted by atomic mass is 10.2.